The minimum Gasteiger partial charge on any atom is -0.507 e. The largest absolute Gasteiger partial charge is 0.507 e. The lowest BCUT2D eigenvalue weighted by Gasteiger charge is -2.14. The van der Waals surface area contributed by atoms with Crippen molar-refractivity contribution >= 4 is 35.3 Å². The Hall–Kier alpha value is -1.38. The minimum atomic E-state index is -0.772. The molecular weight excluding hydrogens is 424 g/mol. The molecule has 1 fully saturated rings. The van der Waals surface area contributed by atoms with Gasteiger partial charge in [0.15, 0.2) is 5.78 Å². The Balaban J connectivity index is 1.64. The first-order chi connectivity index (χ1) is 14.4. The van der Waals surface area contributed by atoms with Gasteiger partial charge in [0.2, 0.25) is 0 Å². The number of unbranched alkanes of at least 4 members (excludes halogenated alkanes) is 1. The fourth-order valence-corrected chi connectivity index (χ4v) is 5.75. The second kappa shape index (κ2) is 13.1. The molecule has 1 saturated heterocycles. The third kappa shape index (κ3) is 8.04. The Bertz CT molecular complexity index is 709. The molecule has 0 spiro atoms. The van der Waals surface area contributed by atoms with Crippen LogP contribution in [-0.2, 0) is 16.0 Å². The minimum absolute atomic E-state index is 0.0169. The summed E-state index contributed by atoms with van der Waals surface area (Å²) in [6, 6.07) is 3.42. The first-order valence-electron chi connectivity index (χ1n) is 10.5. The molecule has 168 valence electrons. The molecule has 2 N–H and O–H groups in total. The molecule has 0 radical (unpaired) electrons. The van der Waals surface area contributed by atoms with Crippen LogP contribution in [0.2, 0.25) is 0 Å². The average Bonchev–Trinajstić information content (AvgIpc) is 3.15. The van der Waals surface area contributed by atoms with E-state index >= 15 is 0 Å². The molecule has 2 unspecified atom stereocenters. The van der Waals surface area contributed by atoms with Gasteiger partial charge >= 0.3 is 5.97 Å². The van der Waals surface area contributed by atoms with Gasteiger partial charge in [0, 0.05) is 23.0 Å². The fraction of sp³-hybridized carbons (Fsp3) is 0.636. The summed E-state index contributed by atoms with van der Waals surface area (Å²) in [6.45, 7) is 4.76. The first kappa shape index (κ1) is 24.9. The molecule has 30 heavy (non-hydrogen) atoms. The number of Topliss-reactive ketones (excluding diaryl/α,β-unsaturated/α-hetero) is 1. The lowest BCUT2D eigenvalue weighted by molar-refractivity contribution is -0.137. The highest BCUT2D eigenvalue weighted by molar-refractivity contribution is 8.03. The van der Waals surface area contributed by atoms with Gasteiger partial charge < -0.3 is 19.7 Å². The molecule has 0 aliphatic carbocycles. The molecule has 1 aromatic rings. The van der Waals surface area contributed by atoms with Crippen LogP contribution in [0.3, 0.4) is 0 Å². The number of thioether (sulfide) groups is 2. The van der Waals surface area contributed by atoms with Gasteiger partial charge in [-0.2, -0.15) is 11.8 Å². The number of ether oxygens (including phenoxy) is 2. The maximum atomic E-state index is 11.6. The van der Waals surface area contributed by atoms with Crippen molar-refractivity contribution in [2.45, 2.75) is 63.1 Å². The van der Waals surface area contributed by atoms with Crippen LogP contribution in [0.5, 0.6) is 11.5 Å². The van der Waals surface area contributed by atoms with Gasteiger partial charge in [-0.15, -0.1) is 11.8 Å². The van der Waals surface area contributed by atoms with E-state index in [0.717, 1.165) is 36.3 Å². The molecule has 0 bridgehead atoms. The van der Waals surface area contributed by atoms with E-state index in [1.165, 1.54) is 6.92 Å². The number of aromatic hydroxyl groups is 1. The van der Waals surface area contributed by atoms with Gasteiger partial charge in [-0.05, 0) is 50.5 Å². The van der Waals surface area contributed by atoms with Crippen LogP contribution < -0.4 is 4.74 Å². The topological polar surface area (TPSA) is 93.1 Å². The molecule has 0 amide bonds. The molecule has 6 nitrogen and oxygen atoms in total. The average molecular weight is 457 g/mol. The van der Waals surface area contributed by atoms with Gasteiger partial charge in [-0.3, -0.25) is 9.59 Å². The molecule has 1 aliphatic heterocycles. The Kier molecular flexibility index (Phi) is 10.9. The van der Waals surface area contributed by atoms with Crippen LogP contribution in [0.15, 0.2) is 12.1 Å². The summed E-state index contributed by atoms with van der Waals surface area (Å²) in [5, 5.41) is 19.6. The van der Waals surface area contributed by atoms with Crippen molar-refractivity contribution in [3.8, 4) is 11.5 Å². The van der Waals surface area contributed by atoms with Gasteiger partial charge in [0.1, 0.15) is 16.9 Å². The third-order valence-corrected chi connectivity index (χ3v) is 7.56. The van der Waals surface area contributed by atoms with Crippen LogP contribution >= 0.6 is 23.5 Å². The zero-order valence-electron chi connectivity index (χ0n) is 17.7. The van der Waals surface area contributed by atoms with Crippen molar-refractivity contribution in [2.24, 2.45) is 0 Å². The van der Waals surface area contributed by atoms with Crippen molar-refractivity contribution in [3.63, 3.8) is 0 Å². The standard InChI is InChI=1S/C22H32O6S2/c1-3-6-18-19(8-7-17(15(2)23)22(18)26)27-11-4-5-12-29-14-16-13-28-21(30-16)10-9-20(24)25/h7-8,16,21,26H,3-6,9-14H2,1-2H3,(H,24,25). The zero-order valence-corrected chi connectivity index (χ0v) is 19.4. The van der Waals surface area contributed by atoms with Crippen LogP contribution in [0.1, 0.15) is 61.9 Å². The molecule has 2 atom stereocenters. The van der Waals surface area contributed by atoms with Gasteiger partial charge in [-0.25, -0.2) is 0 Å². The van der Waals surface area contributed by atoms with E-state index in [2.05, 4.69) is 0 Å². The Morgan fingerprint density at radius 1 is 1.33 bits per heavy atom. The van der Waals surface area contributed by atoms with E-state index in [-0.39, 0.29) is 23.4 Å². The van der Waals surface area contributed by atoms with Crippen molar-refractivity contribution in [2.75, 3.05) is 24.7 Å². The van der Waals surface area contributed by atoms with E-state index in [1.807, 2.05) is 18.7 Å². The number of ketones is 1. The highest BCUT2D eigenvalue weighted by Crippen LogP contribution is 2.34. The lowest BCUT2D eigenvalue weighted by atomic mass is 10.0. The van der Waals surface area contributed by atoms with E-state index in [0.29, 0.717) is 42.6 Å². The maximum absolute atomic E-state index is 11.6. The van der Waals surface area contributed by atoms with Crippen LogP contribution in [0.25, 0.3) is 0 Å². The number of hydrogen-bond acceptors (Lipinski definition) is 7. The summed E-state index contributed by atoms with van der Waals surface area (Å²) in [7, 11) is 0. The lowest BCUT2D eigenvalue weighted by Crippen LogP contribution is -2.07. The number of phenols is 1. The van der Waals surface area contributed by atoms with E-state index in [1.54, 1.807) is 23.9 Å². The predicted molar refractivity (Wildman–Crippen MR) is 122 cm³/mol. The summed E-state index contributed by atoms with van der Waals surface area (Å²) in [4.78, 5) is 22.3. The molecule has 8 heteroatoms. The number of rotatable bonds is 14. The maximum Gasteiger partial charge on any atom is 0.303 e. The number of carboxylic acids is 1. The summed E-state index contributed by atoms with van der Waals surface area (Å²) in [5.41, 5.74) is 1.08. The number of carbonyl (C=O) groups is 2. The van der Waals surface area contributed by atoms with E-state index < -0.39 is 5.97 Å². The van der Waals surface area contributed by atoms with Crippen LogP contribution in [0, 0.1) is 0 Å². The molecular formula is C22H32O6S2. The second-order valence-corrected chi connectivity index (χ2v) is 9.94. The fourth-order valence-electron chi connectivity index (χ4n) is 3.22. The first-order valence-corrected chi connectivity index (χ1v) is 12.6. The van der Waals surface area contributed by atoms with Crippen molar-refractivity contribution in [1.29, 1.82) is 0 Å². The van der Waals surface area contributed by atoms with Crippen molar-refractivity contribution in [1.82, 2.24) is 0 Å². The SMILES string of the molecule is CCCc1c(OCCCCSCC2COC(CCC(=O)O)S2)ccc(C(C)=O)c1O. The number of aliphatic carboxylic acids is 1. The number of benzene rings is 1. The van der Waals surface area contributed by atoms with Gasteiger partial charge in [-0.1, -0.05) is 13.3 Å². The highest BCUT2D eigenvalue weighted by atomic mass is 32.2. The van der Waals surface area contributed by atoms with Crippen LogP contribution in [-0.4, -0.2) is 57.4 Å². The number of phenolic OH excluding ortho intramolecular Hbond substituents is 1. The molecule has 0 aromatic heterocycles. The van der Waals surface area contributed by atoms with Crippen molar-refractivity contribution < 1.29 is 29.3 Å². The predicted octanol–water partition coefficient (Wildman–Crippen LogP) is 4.76. The summed E-state index contributed by atoms with van der Waals surface area (Å²) < 4.78 is 11.5. The van der Waals surface area contributed by atoms with Gasteiger partial charge in [0.05, 0.1) is 18.8 Å². The number of carboxylic acid groups (broad SMARTS) is 1. The van der Waals surface area contributed by atoms with Crippen molar-refractivity contribution in [3.05, 3.63) is 23.3 Å². The highest BCUT2D eigenvalue weighted by Gasteiger charge is 2.26. The Morgan fingerprint density at radius 3 is 2.83 bits per heavy atom. The molecule has 1 aliphatic rings. The van der Waals surface area contributed by atoms with Crippen LogP contribution in [0.4, 0.5) is 0 Å². The monoisotopic (exact) mass is 456 g/mol. The Labute approximate surface area is 187 Å². The molecule has 0 saturated carbocycles. The number of carbonyl (C=O) groups excluding carboxylic acids is 1. The summed E-state index contributed by atoms with van der Waals surface area (Å²) in [6.07, 6.45) is 4.22. The smallest absolute Gasteiger partial charge is 0.303 e. The zero-order chi connectivity index (χ0) is 21.9. The quantitative estimate of drug-likeness (QED) is 0.306. The summed E-state index contributed by atoms with van der Waals surface area (Å²) in [5.74, 6) is 1.85. The van der Waals surface area contributed by atoms with E-state index in [9.17, 15) is 14.7 Å². The number of hydrogen-bond donors (Lipinski definition) is 2. The van der Waals surface area contributed by atoms with Gasteiger partial charge in [0.25, 0.3) is 0 Å². The molecule has 2 rings (SSSR count). The second-order valence-electron chi connectivity index (χ2n) is 7.33. The molecule has 1 heterocycles. The third-order valence-electron chi connectivity index (χ3n) is 4.77. The normalized spacial score (nSPS) is 18.5. The Morgan fingerprint density at radius 2 is 2.13 bits per heavy atom. The summed E-state index contributed by atoms with van der Waals surface area (Å²) >= 11 is 3.64. The molecule has 1 aromatic carbocycles. The van der Waals surface area contributed by atoms with E-state index in [4.69, 9.17) is 14.6 Å².